The number of hydrogen-bond acceptors (Lipinski definition) is 4. The van der Waals surface area contributed by atoms with Crippen molar-refractivity contribution in [2.45, 2.75) is 0 Å². The summed E-state index contributed by atoms with van der Waals surface area (Å²) in [5, 5.41) is 20.8. The number of halogens is 1. The molecule has 0 aliphatic heterocycles. The molecule has 0 atom stereocenters. The van der Waals surface area contributed by atoms with Crippen LogP contribution in [0.3, 0.4) is 0 Å². The van der Waals surface area contributed by atoms with E-state index in [1.807, 2.05) is 0 Å². The van der Waals surface area contributed by atoms with Crippen molar-refractivity contribution in [3.8, 4) is 17.4 Å². The van der Waals surface area contributed by atoms with E-state index >= 15 is 0 Å². The maximum Gasteiger partial charge on any atom is 0.270 e. The van der Waals surface area contributed by atoms with Gasteiger partial charge in [-0.05, 0) is 35.9 Å². The molecule has 0 fully saturated rings. The van der Waals surface area contributed by atoms with E-state index in [-0.39, 0.29) is 5.69 Å². The molecular formula is C19H11ClN2O3. The number of non-ortho nitro benzene ring substituents is 1. The van der Waals surface area contributed by atoms with Crippen LogP contribution in [0.2, 0.25) is 5.02 Å². The normalized spacial score (nSPS) is 11.1. The number of rotatable bonds is 4. The monoisotopic (exact) mass is 350 g/mol. The molecule has 1 aromatic heterocycles. The molecule has 0 saturated heterocycles. The Hall–Kier alpha value is -3.36. The van der Waals surface area contributed by atoms with Crippen LogP contribution < -0.4 is 0 Å². The summed E-state index contributed by atoms with van der Waals surface area (Å²) in [7, 11) is 0. The summed E-state index contributed by atoms with van der Waals surface area (Å²) in [6, 6.07) is 18.7. The molecule has 25 heavy (non-hydrogen) atoms. The minimum absolute atomic E-state index is 0.0115. The van der Waals surface area contributed by atoms with Gasteiger partial charge in [-0.3, -0.25) is 10.1 Å². The Labute approximate surface area is 148 Å². The zero-order valence-electron chi connectivity index (χ0n) is 12.8. The molecule has 3 aromatic rings. The SMILES string of the molecule is N#C/C(=C\c1ccc(-c2cccc([N+](=O)[O-])c2)o1)c1cccc(Cl)c1. The molecule has 0 radical (unpaired) electrons. The fourth-order valence-corrected chi connectivity index (χ4v) is 2.53. The first-order chi connectivity index (χ1) is 12.1. The molecule has 3 rings (SSSR count). The van der Waals surface area contributed by atoms with Crippen molar-refractivity contribution in [2.24, 2.45) is 0 Å². The van der Waals surface area contributed by atoms with Gasteiger partial charge in [0.05, 0.1) is 16.6 Å². The van der Waals surface area contributed by atoms with E-state index in [1.165, 1.54) is 12.1 Å². The molecule has 6 heteroatoms. The highest BCUT2D eigenvalue weighted by Gasteiger charge is 2.10. The van der Waals surface area contributed by atoms with Crippen LogP contribution in [0.15, 0.2) is 65.1 Å². The summed E-state index contributed by atoms with van der Waals surface area (Å²) in [5.41, 5.74) is 1.67. The fourth-order valence-electron chi connectivity index (χ4n) is 2.34. The van der Waals surface area contributed by atoms with E-state index in [1.54, 1.807) is 54.6 Å². The van der Waals surface area contributed by atoms with Crippen molar-refractivity contribution in [1.82, 2.24) is 0 Å². The topological polar surface area (TPSA) is 80.1 Å². The lowest BCUT2D eigenvalue weighted by atomic mass is 10.1. The second-order valence-corrected chi connectivity index (χ2v) is 5.63. The van der Waals surface area contributed by atoms with Gasteiger partial charge in [-0.15, -0.1) is 0 Å². The Morgan fingerprint density at radius 3 is 2.68 bits per heavy atom. The minimum Gasteiger partial charge on any atom is -0.457 e. The maximum absolute atomic E-state index is 10.9. The van der Waals surface area contributed by atoms with Crippen molar-refractivity contribution in [1.29, 1.82) is 5.26 Å². The molecule has 0 spiro atoms. The number of benzene rings is 2. The lowest BCUT2D eigenvalue weighted by molar-refractivity contribution is -0.384. The molecule has 1 heterocycles. The standard InChI is InChI=1S/C19H11ClN2O3/c20-16-5-1-3-13(9-16)15(12-21)11-18-7-8-19(25-18)14-4-2-6-17(10-14)22(23)24/h1-11H/b15-11+. The van der Waals surface area contributed by atoms with Crippen LogP contribution in [-0.4, -0.2) is 4.92 Å². The highest BCUT2D eigenvalue weighted by atomic mass is 35.5. The van der Waals surface area contributed by atoms with E-state index in [0.717, 1.165) is 0 Å². The van der Waals surface area contributed by atoms with E-state index in [0.29, 0.717) is 33.2 Å². The highest BCUT2D eigenvalue weighted by Crippen LogP contribution is 2.28. The molecule has 0 N–H and O–H groups in total. The largest absolute Gasteiger partial charge is 0.457 e. The minimum atomic E-state index is -0.458. The third-order valence-electron chi connectivity index (χ3n) is 3.51. The van der Waals surface area contributed by atoms with Gasteiger partial charge in [-0.1, -0.05) is 35.9 Å². The van der Waals surface area contributed by atoms with Crippen molar-refractivity contribution in [2.75, 3.05) is 0 Å². The molecule has 0 bridgehead atoms. The number of furan rings is 1. The molecule has 122 valence electrons. The molecule has 2 aromatic carbocycles. The highest BCUT2D eigenvalue weighted by molar-refractivity contribution is 6.30. The van der Waals surface area contributed by atoms with Crippen LogP contribution in [-0.2, 0) is 0 Å². The quantitative estimate of drug-likeness (QED) is 0.350. The van der Waals surface area contributed by atoms with Crippen molar-refractivity contribution in [3.63, 3.8) is 0 Å². The molecule has 0 aliphatic carbocycles. The fraction of sp³-hybridized carbons (Fsp3) is 0. The van der Waals surface area contributed by atoms with Gasteiger partial charge in [0, 0.05) is 22.7 Å². The number of nitrogens with zero attached hydrogens (tertiary/aromatic N) is 2. The number of nitro benzene ring substituents is 1. The van der Waals surface area contributed by atoms with E-state index in [2.05, 4.69) is 6.07 Å². The second kappa shape index (κ2) is 7.04. The summed E-state index contributed by atoms with van der Waals surface area (Å²) in [6.07, 6.45) is 1.60. The summed E-state index contributed by atoms with van der Waals surface area (Å²) in [4.78, 5) is 10.4. The Balaban J connectivity index is 1.94. The van der Waals surface area contributed by atoms with Gasteiger partial charge in [-0.25, -0.2) is 0 Å². The zero-order valence-corrected chi connectivity index (χ0v) is 13.6. The van der Waals surface area contributed by atoms with Crippen molar-refractivity contribution in [3.05, 3.63) is 87.1 Å². The molecular weight excluding hydrogens is 340 g/mol. The van der Waals surface area contributed by atoms with Crippen LogP contribution in [0.1, 0.15) is 11.3 Å². The predicted molar refractivity (Wildman–Crippen MR) is 95.7 cm³/mol. The van der Waals surface area contributed by atoms with Gasteiger partial charge >= 0.3 is 0 Å². The van der Waals surface area contributed by atoms with Gasteiger partial charge < -0.3 is 4.42 Å². The van der Waals surface area contributed by atoms with Crippen molar-refractivity contribution < 1.29 is 9.34 Å². The van der Waals surface area contributed by atoms with E-state index in [4.69, 9.17) is 16.0 Å². The Bertz CT molecular complexity index is 1020. The van der Waals surface area contributed by atoms with Crippen LogP contribution in [0.25, 0.3) is 23.0 Å². The number of hydrogen-bond donors (Lipinski definition) is 0. The average Bonchev–Trinajstić information content (AvgIpc) is 3.08. The smallest absolute Gasteiger partial charge is 0.270 e. The zero-order chi connectivity index (χ0) is 17.8. The third-order valence-corrected chi connectivity index (χ3v) is 3.75. The summed E-state index contributed by atoms with van der Waals surface area (Å²) >= 11 is 5.96. The summed E-state index contributed by atoms with van der Waals surface area (Å²) < 4.78 is 5.71. The number of nitriles is 1. The molecule has 0 aliphatic rings. The second-order valence-electron chi connectivity index (χ2n) is 5.19. The third kappa shape index (κ3) is 3.77. The summed E-state index contributed by atoms with van der Waals surface area (Å²) in [6.45, 7) is 0. The first-order valence-corrected chi connectivity index (χ1v) is 7.67. The Morgan fingerprint density at radius 1 is 1.16 bits per heavy atom. The van der Waals surface area contributed by atoms with Gasteiger partial charge in [0.25, 0.3) is 5.69 Å². The molecule has 0 unspecified atom stereocenters. The lowest BCUT2D eigenvalue weighted by Crippen LogP contribution is -1.87. The Morgan fingerprint density at radius 2 is 1.96 bits per heavy atom. The lowest BCUT2D eigenvalue weighted by Gasteiger charge is -1.99. The van der Waals surface area contributed by atoms with Gasteiger partial charge in [0.15, 0.2) is 0 Å². The maximum atomic E-state index is 10.9. The average molecular weight is 351 g/mol. The number of allylic oxidation sites excluding steroid dienone is 1. The summed E-state index contributed by atoms with van der Waals surface area (Å²) in [5.74, 6) is 0.955. The van der Waals surface area contributed by atoms with Crippen LogP contribution >= 0.6 is 11.6 Å². The molecule has 0 saturated carbocycles. The Kier molecular flexibility index (Phi) is 4.64. The first-order valence-electron chi connectivity index (χ1n) is 7.29. The number of nitro groups is 1. The van der Waals surface area contributed by atoms with Gasteiger partial charge in [-0.2, -0.15) is 5.26 Å². The molecule has 0 amide bonds. The van der Waals surface area contributed by atoms with Gasteiger partial charge in [0.1, 0.15) is 11.5 Å². The van der Waals surface area contributed by atoms with Crippen LogP contribution in [0.4, 0.5) is 5.69 Å². The van der Waals surface area contributed by atoms with Crippen LogP contribution in [0, 0.1) is 21.4 Å². The van der Waals surface area contributed by atoms with E-state index in [9.17, 15) is 15.4 Å². The van der Waals surface area contributed by atoms with Crippen LogP contribution in [0.5, 0.6) is 0 Å². The van der Waals surface area contributed by atoms with Crippen molar-refractivity contribution >= 4 is 28.9 Å². The first kappa shape index (κ1) is 16.5. The van der Waals surface area contributed by atoms with E-state index < -0.39 is 4.92 Å². The molecule has 5 nitrogen and oxygen atoms in total. The van der Waals surface area contributed by atoms with Gasteiger partial charge in [0.2, 0.25) is 0 Å². The predicted octanol–water partition coefficient (Wildman–Crippen LogP) is 5.57.